The fourth-order valence-electron chi connectivity index (χ4n) is 1.56. The number of aliphatic imine (C=N–C) groups is 1. The van der Waals surface area contributed by atoms with Crippen LogP contribution in [0.15, 0.2) is 17.3 Å². The minimum absolute atomic E-state index is 0.159. The Balaban J connectivity index is 2.25. The lowest BCUT2D eigenvalue weighted by atomic mass is 10.1. The molecule has 0 fully saturated rings. The summed E-state index contributed by atoms with van der Waals surface area (Å²) in [5, 5.41) is 0.308. The average molecular weight is 289 g/mol. The SMILES string of the molecule is CC1(C)CN=C(c2cnc(C[SH](=O)=O)c(Cl)c2)O1. The van der Waals surface area contributed by atoms with Crippen molar-refractivity contribution in [2.24, 2.45) is 4.99 Å². The number of rotatable bonds is 3. The van der Waals surface area contributed by atoms with Crippen molar-refractivity contribution < 1.29 is 13.2 Å². The lowest BCUT2D eigenvalue weighted by Crippen LogP contribution is -2.24. The van der Waals surface area contributed by atoms with Crippen molar-refractivity contribution in [2.45, 2.75) is 25.2 Å². The van der Waals surface area contributed by atoms with E-state index in [-0.39, 0.29) is 11.4 Å². The van der Waals surface area contributed by atoms with E-state index >= 15 is 0 Å². The first-order valence-corrected chi connectivity index (χ1v) is 7.11. The van der Waals surface area contributed by atoms with Gasteiger partial charge in [-0.05, 0) is 19.9 Å². The lowest BCUT2D eigenvalue weighted by molar-refractivity contribution is 0.131. The molecule has 2 heterocycles. The molecule has 18 heavy (non-hydrogen) atoms. The number of hydrogen-bond donors (Lipinski definition) is 1. The molecule has 5 nitrogen and oxygen atoms in total. The first-order chi connectivity index (χ1) is 8.37. The van der Waals surface area contributed by atoms with Crippen LogP contribution in [0, 0.1) is 0 Å². The highest BCUT2D eigenvalue weighted by Gasteiger charge is 2.28. The van der Waals surface area contributed by atoms with Gasteiger partial charge in [-0.15, -0.1) is 0 Å². The fraction of sp³-hybridized carbons (Fsp3) is 0.455. The first-order valence-electron chi connectivity index (χ1n) is 5.37. The van der Waals surface area contributed by atoms with Crippen molar-refractivity contribution in [2.75, 3.05) is 6.54 Å². The summed E-state index contributed by atoms with van der Waals surface area (Å²) in [4.78, 5) is 8.30. The van der Waals surface area contributed by atoms with Crippen LogP contribution in [0.1, 0.15) is 25.1 Å². The molecule has 1 aliphatic rings. The number of halogens is 1. The third-order valence-corrected chi connectivity index (χ3v) is 3.30. The quantitative estimate of drug-likeness (QED) is 0.854. The van der Waals surface area contributed by atoms with Gasteiger partial charge in [-0.25, -0.2) is 13.4 Å². The van der Waals surface area contributed by atoms with E-state index in [1.165, 1.54) is 6.20 Å². The molecule has 0 unspecified atom stereocenters. The molecule has 0 amide bonds. The van der Waals surface area contributed by atoms with Gasteiger partial charge in [0.15, 0.2) is 0 Å². The van der Waals surface area contributed by atoms with Crippen molar-refractivity contribution >= 4 is 28.2 Å². The van der Waals surface area contributed by atoms with E-state index in [1.54, 1.807) is 6.07 Å². The topological polar surface area (TPSA) is 68.6 Å². The average Bonchev–Trinajstić information content (AvgIpc) is 2.61. The zero-order chi connectivity index (χ0) is 13.3. The standard InChI is InChI=1S/C11H13ClN2O3S/c1-11(2)6-14-10(17-11)7-3-8(12)9(13-4-7)5-18(15)16/h3-4,18H,5-6H2,1-2H3. The van der Waals surface area contributed by atoms with Crippen LogP contribution in [-0.2, 0) is 21.2 Å². The Labute approximate surface area is 112 Å². The molecule has 0 radical (unpaired) electrons. The number of thiol groups is 1. The Bertz CT molecular complexity index is 574. The van der Waals surface area contributed by atoms with E-state index in [9.17, 15) is 8.42 Å². The highest BCUT2D eigenvalue weighted by Crippen LogP contribution is 2.23. The van der Waals surface area contributed by atoms with Crippen LogP contribution in [0.4, 0.5) is 0 Å². The Morgan fingerprint density at radius 2 is 2.22 bits per heavy atom. The van der Waals surface area contributed by atoms with Gasteiger partial charge in [-0.1, -0.05) is 11.6 Å². The molecule has 0 spiro atoms. The van der Waals surface area contributed by atoms with E-state index < -0.39 is 10.7 Å². The van der Waals surface area contributed by atoms with E-state index in [2.05, 4.69) is 9.98 Å². The maximum atomic E-state index is 10.6. The third kappa shape index (κ3) is 3.00. The van der Waals surface area contributed by atoms with E-state index in [0.29, 0.717) is 28.7 Å². The summed E-state index contributed by atoms with van der Waals surface area (Å²) in [6, 6.07) is 1.63. The summed E-state index contributed by atoms with van der Waals surface area (Å²) in [5.41, 5.74) is 0.684. The van der Waals surface area contributed by atoms with Crippen LogP contribution in [0.3, 0.4) is 0 Å². The van der Waals surface area contributed by atoms with Gasteiger partial charge >= 0.3 is 0 Å². The summed E-state index contributed by atoms with van der Waals surface area (Å²) >= 11 is 5.98. The van der Waals surface area contributed by atoms with E-state index in [0.717, 1.165) is 0 Å². The van der Waals surface area contributed by atoms with Crippen LogP contribution in [-0.4, -0.2) is 31.4 Å². The monoisotopic (exact) mass is 288 g/mol. The summed E-state index contributed by atoms with van der Waals surface area (Å²) < 4.78 is 26.9. The highest BCUT2D eigenvalue weighted by molar-refractivity contribution is 7.71. The van der Waals surface area contributed by atoms with Gasteiger partial charge in [-0.3, -0.25) is 4.98 Å². The molecular weight excluding hydrogens is 276 g/mol. The van der Waals surface area contributed by atoms with Crippen LogP contribution >= 0.6 is 11.6 Å². The van der Waals surface area contributed by atoms with Gasteiger partial charge in [0.1, 0.15) is 16.3 Å². The normalized spacial score (nSPS) is 17.7. The number of pyridine rings is 1. The summed E-state index contributed by atoms with van der Waals surface area (Å²) in [7, 11) is -2.54. The molecule has 1 aromatic rings. The predicted molar refractivity (Wildman–Crippen MR) is 69.8 cm³/mol. The van der Waals surface area contributed by atoms with Gasteiger partial charge in [0.05, 0.1) is 28.6 Å². The first kappa shape index (κ1) is 13.3. The molecule has 0 aliphatic carbocycles. The van der Waals surface area contributed by atoms with E-state index in [1.807, 2.05) is 13.8 Å². The number of ether oxygens (including phenoxy) is 1. The second-order valence-corrected chi connectivity index (χ2v) is 6.02. The van der Waals surface area contributed by atoms with Crippen LogP contribution in [0.25, 0.3) is 0 Å². The van der Waals surface area contributed by atoms with Gasteiger partial charge in [-0.2, -0.15) is 0 Å². The summed E-state index contributed by atoms with van der Waals surface area (Å²) in [6.45, 7) is 4.46. The van der Waals surface area contributed by atoms with Crippen molar-refractivity contribution in [3.8, 4) is 0 Å². The minimum Gasteiger partial charge on any atom is -0.469 e. The maximum Gasteiger partial charge on any atom is 0.218 e. The van der Waals surface area contributed by atoms with Gasteiger partial charge in [0, 0.05) is 6.20 Å². The maximum absolute atomic E-state index is 10.6. The summed E-state index contributed by atoms with van der Waals surface area (Å²) in [5.74, 6) is 0.334. The molecule has 2 rings (SSSR count). The molecule has 0 aromatic carbocycles. The van der Waals surface area contributed by atoms with Gasteiger partial charge < -0.3 is 4.74 Å². The molecule has 0 saturated carbocycles. The Hall–Kier alpha value is -1.14. The Morgan fingerprint density at radius 3 is 2.72 bits per heavy atom. The molecule has 0 N–H and O–H groups in total. The Kier molecular flexibility index (Phi) is 3.59. The van der Waals surface area contributed by atoms with Crippen molar-refractivity contribution in [1.82, 2.24) is 4.98 Å². The number of hydrogen-bond acceptors (Lipinski definition) is 5. The smallest absolute Gasteiger partial charge is 0.218 e. The fourth-order valence-corrected chi connectivity index (χ4v) is 2.38. The van der Waals surface area contributed by atoms with Gasteiger partial charge in [0.2, 0.25) is 5.90 Å². The molecule has 0 atom stereocenters. The molecule has 0 saturated heterocycles. The Morgan fingerprint density at radius 1 is 1.50 bits per heavy atom. The van der Waals surface area contributed by atoms with Crippen LogP contribution in [0.5, 0.6) is 0 Å². The number of nitrogens with zero attached hydrogens (tertiary/aromatic N) is 2. The van der Waals surface area contributed by atoms with Crippen molar-refractivity contribution in [3.05, 3.63) is 28.5 Å². The molecule has 0 bridgehead atoms. The van der Waals surface area contributed by atoms with Crippen LogP contribution < -0.4 is 0 Å². The van der Waals surface area contributed by atoms with Crippen molar-refractivity contribution in [1.29, 1.82) is 0 Å². The van der Waals surface area contributed by atoms with E-state index in [4.69, 9.17) is 16.3 Å². The summed E-state index contributed by atoms with van der Waals surface area (Å²) in [6.07, 6.45) is 1.53. The molecule has 1 aliphatic heterocycles. The number of aromatic nitrogens is 1. The minimum atomic E-state index is -2.54. The second kappa shape index (κ2) is 4.85. The lowest BCUT2D eigenvalue weighted by Gasteiger charge is -2.17. The zero-order valence-corrected chi connectivity index (χ0v) is 11.7. The molecule has 1 aromatic heterocycles. The second-order valence-electron chi connectivity index (χ2n) is 4.63. The van der Waals surface area contributed by atoms with Gasteiger partial charge in [0.25, 0.3) is 0 Å². The third-order valence-electron chi connectivity index (χ3n) is 2.42. The van der Waals surface area contributed by atoms with Crippen LogP contribution in [0.2, 0.25) is 5.02 Å². The zero-order valence-electron chi connectivity index (χ0n) is 10.0. The predicted octanol–water partition coefficient (Wildman–Crippen LogP) is 1.40. The molecule has 98 valence electrons. The highest BCUT2D eigenvalue weighted by atomic mass is 35.5. The largest absolute Gasteiger partial charge is 0.469 e. The van der Waals surface area contributed by atoms with Crippen molar-refractivity contribution in [3.63, 3.8) is 0 Å². The molecular formula is C11H13ClN2O3S. The molecule has 7 heteroatoms.